The van der Waals surface area contributed by atoms with Crippen LogP contribution in [0.4, 0.5) is 4.79 Å². The molecule has 0 radical (unpaired) electrons. The van der Waals surface area contributed by atoms with Gasteiger partial charge in [-0.25, -0.2) is 14.6 Å². The number of rotatable bonds is 7. The van der Waals surface area contributed by atoms with Gasteiger partial charge >= 0.3 is 12.1 Å². The number of carbonyl (C=O) groups excluding carboxylic acids is 1. The number of aromatic nitrogens is 3. The van der Waals surface area contributed by atoms with Crippen molar-refractivity contribution in [2.45, 2.75) is 70.6 Å². The highest BCUT2D eigenvalue weighted by Gasteiger charge is 2.35. The normalized spacial score (nSPS) is 18.2. The smallest absolute Gasteiger partial charge is 0.409 e. The molecule has 2 aliphatic rings. The van der Waals surface area contributed by atoms with E-state index < -0.39 is 17.7 Å². The van der Waals surface area contributed by atoms with Crippen molar-refractivity contribution in [2.24, 2.45) is 7.05 Å². The minimum atomic E-state index is -1.17. The molecule has 0 aliphatic carbocycles. The molecule has 5 aromatic rings. The van der Waals surface area contributed by atoms with Gasteiger partial charge in [0.15, 0.2) is 6.10 Å². The van der Waals surface area contributed by atoms with Crippen LogP contribution in [0.2, 0.25) is 5.02 Å². The van der Waals surface area contributed by atoms with E-state index in [1.807, 2.05) is 69.8 Å². The van der Waals surface area contributed by atoms with Crippen molar-refractivity contribution in [1.82, 2.24) is 24.6 Å². The third kappa shape index (κ3) is 6.96. The largest absolute Gasteiger partial charge is 0.479 e. The van der Waals surface area contributed by atoms with Crippen molar-refractivity contribution >= 4 is 56.1 Å². The van der Waals surface area contributed by atoms with E-state index in [-0.39, 0.29) is 6.09 Å². The second-order valence-corrected chi connectivity index (χ2v) is 16.1. The summed E-state index contributed by atoms with van der Waals surface area (Å²) in [6.07, 6.45) is 1.55. The van der Waals surface area contributed by atoms with Gasteiger partial charge in [0.1, 0.15) is 5.01 Å². The zero-order valence-electron chi connectivity index (χ0n) is 29.9. The molecule has 7 rings (SSSR count). The van der Waals surface area contributed by atoms with Crippen molar-refractivity contribution in [2.75, 3.05) is 33.3 Å². The Bertz CT molecular complexity index is 2110. The number of benzene rings is 3. The Labute approximate surface area is 306 Å². The van der Waals surface area contributed by atoms with Crippen LogP contribution in [0.5, 0.6) is 0 Å². The first kappa shape index (κ1) is 35.4. The van der Waals surface area contributed by atoms with Gasteiger partial charge in [0.2, 0.25) is 0 Å². The number of piperidine rings is 1. The number of ether oxygens (including phenoxy) is 2. The van der Waals surface area contributed by atoms with Crippen molar-refractivity contribution in [1.29, 1.82) is 0 Å². The number of amides is 1. The van der Waals surface area contributed by atoms with Gasteiger partial charge in [-0.05, 0) is 108 Å². The summed E-state index contributed by atoms with van der Waals surface area (Å²) in [7, 11) is 3.44. The van der Waals surface area contributed by atoms with Gasteiger partial charge in [-0.3, -0.25) is 9.58 Å². The lowest BCUT2D eigenvalue weighted by molar-refractivity contribution is -0.160. The number of halogens is 1. The van der Waals surface area contributed by atoms with Gasteiger partial charge in [0, 0.05) is 59.2 Å². The Balaban J connectivity index is 1.24. The minimum Gasteiger partial charge on any atom is -0.479 e. The Kier molecular flexibility index (Phi) is 9.60. The Morgan fingerprint density at radius 1 is 1.02 bits per heavy atom. The SMILES string of the molecule is COC(=O)N1CC[C@H](N2CCC(c3nn(C)c4ccc(-c5nc6cc(C)c(C(OC(C)(C)C)C(=O)O)c(-c7ccc(Cl)cc7)c6s5)cc34)CC2)C1. The molecule has 1 N–H and O–H groups in total. The molecule has 10 nitrogen and oxygen atoms in total. The molecule has 2 aromatic heterocycles. The number of nitrogens with zero attached hydrogens (tertiary/aromatic N) is 5. The average Bonchev–Trinajstić information content (AvgIpc) is 3.84. The lowest BCUT2D eigenvalue weighted by atomic mass is 9.90. The van der Waals surface area contributed by atoms with E-state index >= 15 is 0 Å². The fourth-order valence-electron chi connectivity index (χ4n) is 7.76. The van der Waals surface area contributed by atoms with Crippen molar-refractivity contribution < 1.29 is 24.2 Å². The minimum absolute atomic E-state index is 0.243. The lowest BCUT2D eigenvalue weighted by Crippen LogP contribution is -2.43. The quantitative estimate of drug-likeness (QED) is 0.178. The number of fused-ring (bicyclic) bond motifs is 2. The fraction of sp³-hybridized carbons (Fsp3) is 0.436. The van der Waals surface area contributed by atoms with E-state index in [9.17, 15) is 14.7 Å². The molecule has 2 aliphatic heterocycles. The number of likely N-dealkylation sites (tertiary alicyclic amines) is 2. The van der Waals surface area contributed by atoms with Gasteiger partial charge in [-0.2, -0.15) is 5.10 Å². The average molecular weight is 730 g/mol. The van der Waals surface area contributed by atoms with E-state index in [4.69, 9.17) is 31.2 Å². The van der Waals surface area contributed by atoms with E-state index in [2.05, 4.69) is 23.1 Å². The van der Waals surface area contributed by atoms with Crippen LogP contribution in [-0.4, -0.2) is 86.7 Å². The molecule has 2 saturated heterocycles. The van der Waals surface area contributed by atoms with Crippen LogP contribution in [0, 0.1) is 6.92 Å². The number of carboxylic acid groups (broad SMARTS) is 1. The van der Waals surface area contributed by atoms with Crippen molar-refractivity contribution in [3.8, 4) is 21.7 Å². The van der Waals surface area contributed by atoms with E-state index in [1.54, 1.807) is 16.2 Å². The molecule has 3 aromatic carbocycles. The second-order valence-electron chi connectivity index (χ2n) is 14.7. The number of hydrogen-bond acceptors (Lipinski definition) is 8. The van der Waals surface area contributed by atoms with Crippen molar-refractivity contribution in [3.05, 3.63) is 70.4 Å². The summed E-state index contributed by atoms with van der Waals surface area (Å²) in [6, 6.07) is 16.3. The number of aliphatic carboxylic acids is 1. The summed E-state index contributed by atoms with van der Waals surface area (Å²) in [5.41, 5.74) is 6.37. The Hall–Kier alpha value is -4.03. The molecule has 1 unspecified atom stereocenters. The third-order valence-corrected chi connectivity index (χ3v) is 11.6. The maximum absolute atomic E-state index is 12.8. The molecule has 2 atom stereocenters. The van der Waals surface area contributed by atoms with Gasteiger partial charge in [0.25, 0.3) is 0 Å². The molecule has 1 amide bonds. The zero-order chi connectivity index (χ0) is 36.2. The number of methoxy groups -OCH3 is 1. The molecule has 51 heavy (non-hydrogen) atoms. The number of thiazole rings is 1. The molecule has 2 fully saturated rings. The summed E-state index contributed by atoms with van der Waals surface area (Å²) >= 11 is 7.85. The summed E-state index contributed by atoms with van der Waals surface area (Å²) in [4.78, 5) is 34.3. The number of hydrogen-bond donors (Lipinski definition) is 1. The molecule has 0 spiro atoms. The van der Waals surface area contributed by atoms with Gasteiger partial charge < -0.3 is 19.5 Å². The zero-order valence-corrected chi connectivity index (χ0v) is 31.5. The molecule has 0 bridgehead atoms. The number of carbonyl (C=O) groups is 2. The molecular weight excluding hydrogens is 686 g/mol. The summed E-state index contributed by atoms with van der Waals surface area (Å²) in [5.74, 6) is -0.717. The Morgan fingerprint density at radius 2 is 1.73 bits per heavy atom. The molecule has 12 heteroatoms. The number of aryl methyl sites for hydroxylation is 2. The predicted molar refractivity (Wildman–Crippen MR) is 202 cm³/mol. The second kappa shape index (κ2) is 13.8. The maximum Gasteiger partial charge on any atom is 0.409 e. The van der Waals surface area contributed by atoms with Gasteiger partial charge in [-0.15, -0.1) is 11.3 Å². The highest BCUT2D eigenvalue weighted by molar-refractivity contribution is 7.22. The first-order chi connectivity index (χ1) is 24.3. The molecular formula is C39H44ClN5O5S. The van der Waals surface area contributed by atoms with Crippen LogP contribution in [-0.2, 0) is 21.3 Å². The van der Waals surface area contributed by atoms with Crippen LogP contribution in [0.3, 0.4) is 0 Å². The summed E-state index contributed by atoms with van der Waals surface area (Å²) < 4.78 is 14.0. The van der Waals surface area contributed by atoms with E-state index in [1.165, 1.54) is 7.11 Å². The first-order valence-corrected chi connectivity index (χ1v) is 18.6. The highest BCUT2D eigenvalue weighted by atomic mass is 35.5. The predicted octanol–water partition coefficient (Wildman–Crippen LogP) is 8.44. The lowest BCUT2D eigenvalue weighted by Gasteiger charge is -2.35. The van der Waals surface area contributed by atoms with Crippen LogP contribution in [0.25, 0.3) is 42.8 Å². The summed E-state index contributed by atoms with van der Waals surface area (Å²) in [6.45, 7) is 10.9. The summed E-state index contributed by atoms with van der Waals surface area (Å²) in [5, 5.41) is 18.1. The maximum atomic E-state index is 12.8. The molecule has 268 valence electrons. The standard InChI is InChI=1S/C39H44ClN5O5S/c1-22-19-29-35(32(23-7-10-26(40)11-8-23)31(22)34(37(46)47)50-39(2,3)4)51-36(41-29)25-9-12-30-28(20-25)33(42-43(30)5)24-13-16-44(17-14-24)27-15-18-45(21-27)38(48)49-6/h7-12,19-20,24,27,34H,13-18,21H2,1-6H3,(H,46,47)/t27-,34?/m0/s1. The van der Waals surface area contributed by atoms with Crippen LogP contribution < -0.4 is 0 Å². The van der Waals surface area contributed by atoms with E-state index in [0.717, 1.165) is 99.5 Å². The molecule has 4 heterocycles. The van der Waals surface area contributed by atoms with Crippen LogP contribution >= 0.6 is 22.9 Å². The highest BCUT2D eigenvalue weighted by Crippen LogP contribution is 2.45. The van der Waals surface area contributed by atoms with Crippen molar-refractivity contribution in [3.63, 3.8) is 0 Å². The topological polar surface area (TPSA) is 110 Å². The van der Waals surface area contributed by atoms with Gasteiger partial charge in [0.05, 0.1) is 34.1 Å². The fourth-order valence-corrected chi connectivity index (χ4v) is 9.01. The molecule has 0 saturated carbocycles. The van der Waals surface area contributed by atoms with Gasteiger partial charge in [-0.1, -0.05) is 23.7 Å². The third-order valence-electron chi connectivity index (χ3n) is 10.2. The Morgan fingerprint density at radius 3 is 2.39 bits per heavy atom. The number of carboxylic acids is 1. The first-order valence-electron chi connectivity index (χ1n) is 17.5. The van der Waals surface area contributed by atoms with E-state index in [0.29, 0.717) is 22.5 Å². The van der Waals surface area contributed by atoms with Crippen LogP contribution in [0.15, 0.2) is 48.5 Å². The monoisotopic (exact) mass is 729 g/mol. The van der Waals surface area contributed by atoms with Crippen LogP contribution in [0.1, 0.15) is 68.9 Å².